The Kier molecular flexibility index (Phi) is 5.44. The standard InChI is InChI=1S/C21H22N4O3S/c1-13-4-6-15(7-5-13)20-23-24-21(25(20)3)29-11-19(26)22-14(2)16-8-9-17-18(10-16)28-12-27-17/h4-10,14H,11-12H2,1-3H3,(H,22,26). The van der Waals surface area contributed by atoms with Gasteiger partial charge in [0.15, 0.2) is 22.5 Å². The van der Waals surface area contributed by atoms with E-state index in [2.05, 4.69) is 15.5 Å². The van der Waals surface area contributed by atoms with Crippen molar-refractivity contribution < 1.29 is 14.3 Å². The third-order valence-corrected chi connectivity index (χ3v) is 5.77. The fourth-order valence-corrected chi connectivity index (χ4v) is 3.80. The fourth-order valence-electron chi connectivity index (χ4n) is 3.07. The molecule has 1 N–H and O–H groups in total. The average Bonchev–Trinajstić information content (AvgIpc) is 3.33. The second kappa shape index (κ2) is 8.16. The third-order valence-electron chi connectivity index (χ3n) is 4.75. The summed E-state index contributed by atoms with van der Waals surface area (Å²) >= 11 is 1.36. The van der Waals surface area contributed by atoms with Crippen LogP contribution < -0.4 is 14.8 Å². The molecule has 7 nitrogen and oxygen atoms in total. The molecule has 0 fully saturated rings. The summed E-state index contributed by atoms with van der Waals surface area (Å²) < 4.78 is 12.6. The van der Waals surface area contributed by atoms with E-state index in [1.807, 2.05) is 67.9 Å². The molecule has 1 unspecified atom stereocenters. The Bertz CT molecular complexity index is 1030. The Morgan fingerprint density at radius 2 is 1.93 bits per heavy atom. The monoisotopic (exact) mass is 410 g/mol. The number of rotatable bonds is 6. The highest BCUT2D eigenvalue weighted by atomic mass is 32.2. The topological polar surface area (TPSA) is 78.3 Å². The first-order valence-corrected chi connectivity index (χ1v) is 10.3. The molecule has 1 aliphatic heterocycles. The lowest BCUT2D eigenvalue weighted by atomic mass is 10.1. The molecule has 0 radical (unpaired) electrons. The number of hydrogen-bond donors (Lipinski definition) is 1. The van der Waals surface area contributed by atoms with Crippen molar-refractivity contribution in [2.45, 2.75) is 25.0 Å². The molecule has 0 bridgehead atoms. The summed E-state index contributed by atoms with van der Waals surface area (Å²) in [7, 11) is 1.91. The normalized spacial score (nSPS) is 13.3. The summed E-state index contributed by atoms with van der Waals surface area (Å²) in [5.41, 5.74) is 3.16. The highest BCUT2D eigenvalue weighted by Gasteiger charge is 2.18. The molecule has 2 aromatic carbocycles. The number of fused-ring (bicyclic) bond motifs is 1. The van der Waals surface area contributed by atoms with Crippen molar-refractivity contribution in [1.82, 2.24) is 20.1 Å². The van der Waals surface area contributed by atoms with Crippen LogP contribution in [-0.4, -0.2) is 33.2 Å². The van der Waals surface area contributed by atoms with E-state index in [4.69, 9.17) is 9.47 Å². The first-order chi connectivity index (χ1) is 14.0. The first-order valence-electron chi connectivity index (χ1n) is 9.29. The average molecular weight is 410 g/mol. The fraction of sp³-hybridized carbons (Fsp3) is 0.286. The SMILES string of the molecule is Cc1ccc(-c2nnc(SCC(=O)NC(C)c3ccc4c(c3)OCO4)n2C)cc1. The molecule has 2 heterocycles. The summed E-state index contributed by atoms with van der Waals surface area (Å²) in [6.45, 7) is 4.22. The Morgan fingerprint density at radius 1 is 1.17 bits per heavy atom. The van der Waals surface area contributed by atoms with Gasteiger partial charge < -0.3 is 19.4 Å². The van der Waals surface area contributed by atoms with Crippen molar-refractivity contribution in [3.63, 3.8) is 0 Å². The summed E-state index contributed by atoms with van der Waals surface area (Å²) in [5, 5.41) is 12.2. The molecular weight excluding hydrogens is 388 g/mol. The molecule has 1 aromatic heterocycles. The maximum absolute atomic E-state index is 12.4. The number of aromatic nitrogens is 3. The van der Waals surface area contributed by atoms with Gasteiger partial charge in [-0.25, -0.2) is 0 Å². The van der Waals surface area contributed by atoms with Crippen LogP contribution in [0.5, 0.6) is 11.5 Å². The molecule has 150 valence electrons. The predicted octanol–water partition coefficient (Wildman–Crippen LogP) is 3.49. The van der Waals surface area contributed by atoms with Gasteiger partial charge in [0.1, 0.15) is 0 Å². The van der Waals surface area contributed by atoms with Gasteiger partial charge >= 0.3 is 0 Å². The van der Waals surface area contributed by atoms with E-state index in [9.17, 15) is 4.79 Å². The van der Waals surface area contributed by atoms with E-state index in [1.165, 1.54) is 17.3 Å². The highest BCUT2D eigenvalue weighted by molar-refractivity contribution is 7.99. The van der Waals surface area contributed by atoms with Crippen LogP contribution in [0.3, 0.4) is 0 Å². The first kappa shape index (κ1) is 19.3. The number of aryl methyl sites for hydroxylation is 1. The van der Waals surface area contributed by atoms with Crippen molar-refractivity contribution >= 4 is 17.7 Å². The van der Waals surface area contributed by atoms with Crippen LogP contribution in [0.15, 0.2) is 47.6 Å². The van der Waals surface area contributed by atoms with Crippen LogP contribution in [0.4, 0.5) is 0 Å². The third kappa shape index (κ3) is 4.22. The number of carbonyl (C=O) groups is 1. The Hall–Kier alpha value is -3.00. The Labute approximate surface area is 173 Å². The summed E-state index contributed by atoms with van der Waals surface area (Å²) in [6.07, 6.45) is 0. The minimum absolute atomic E-state index is 0.0694. The lowest BCUT2D eigenvalue weighted by molar-refractivity contribution is -0.119. The summed E-state index contributed by atoms with van der Waals surface area (Å²) in [4.78, 5) is 12.4. The molecule has 8 heteroatoms. The number of ether oxygens (including phenoxy) is 2. The maximum atomic E-state index is 12.4. The molecule has 29 heavy (non-hydrogen) atoms. The summed E-state index contributed by atoms with van der Waals surface area (Å²) in [5.74, 6) is 2.41. The van der Waals surface area contributed by atoms with Crippen LogP contribution in [-0.2, 0) is 11.8 Å². The number of amides is 1. The minimum Gasteiger partial charge on any atom is -0.454 e. The van der Waals surface area contributed by atoms with Gasteiger partial charge in [-0.15, -0.1) is 10.2 Å². The lowest BCUT2D eigenvalue weighted by Crippen LogP contribution is -2.28. The molecular formula is C21H22N4O3S. The van der Waals surface area contributed by atoms with E-state index in [0.717, 1.165) is 22.7 Å². The number of nitrogens with one attached hydrogen (secondary N) is 1. The van der Waals surface area contributed by atoms with Gasteiger partial charge in [0.25, 0.3) is 0 Å². The van der Waals surface area contributed by atoms with Crippen LogP contribution in [0.1, 0.15) is 24.1 Å². The van der Waals surface area contributed by atoms with Crippen molar-refractivity contribution in [2.24, 2.45) is 7.05 Å². The predicted molar refractivity (Wildman–Crippen MR) is 111 cm³/mol. The van der Waals surface area contributed by atoms with Gasteiger partial charge in [0.2, 0.25) is 12.7 Å². The zero-order valence-corrected chi connectivity index (χ0v) is 17.3. The highest BCUT2D eigenvalue weighted by Crippen LogP contribution is 2.34. The van der Waals surface area contributed by atoms with E-state index >= 15 is 0 Å². The molecule has 0 aliphatic carbocycles. The maximum Gasteiger partial charge on any atom is 0.231 e. The van der Waals surface area contributed by atoms with E-state index in [1.54, 1.807) is 0 Å². The number of hydrogen-bond acceptors (Lipinski definition) is 6. The Morgan fingerprint density at radius 3 is 2.72 bits per heavy atom. The van der Waals surface area contributed by atoms with Gasteiger partial charge in [0, 0.05) is 12.6 Å². The molecule has 1 amide bonds. The van der Waals surface area contributed by atoms with Gasteiger partial charge in [-0.3, -0.25) is 4.79 Å². The van der Waals surface area contributed by atoms with Crippen molar-refractivity contribution in [2.75, 3.05) is 12.5 Å². The molecule has 3 aromatic rings. The zero-order valence-electron chi connectivity index (χ0n) is 16.5. The molecule has 0 saturated carbocycles. The molecule has 1 atom stereocenters. The van der Waals surface area contributed by atoms with E-state index in [0.29, 0.717) is 10.9 Å². The van der Waals surface area contributed by atoms with Crippen molar-refractivity contribution in [3.05, 3.63) is 53.6 Å². The second-order valence-electron chi connectivity index (χ2n) is 6.92. The lowest BCUT2D eigenvalue weighted by Gasteiger charge is -2.14. The largest absolute Gasteiger partial charge is 0.454 e. The minimum atomic E-state index is -0.139. The van der Waals surface area contributed by atoms with Gasteiger partial charge in [0.05, 0.1) is 11.8 Å². The van der Waals surface area contributed by atoms with Crippen molar-refractivity contribution in [3.8, 4) is 22.9 Å². The number of carbonyl (C=O) groups excluding carboxylic acids is 1. The Balaban J connectivity index is 1.35. The van der Waals surface area contributed by atoms with Crippen LogP contribution in [0, 0.1) is 6.92 Å². The van der Waals surface area contributed by atoms with E-state index in [-0.39, 0.29) is 24.5 Å². The van der Waals surface area contributed by atoms with Crippen LogP contribution in [0.2, 0.25) is 0 Å². The molecule has 4 rings (SSSR count). The van der Waals surface area contributed by atoms with Gasteiger partial charge in [-0.1, -0.05) is 47.7 Å². The smallest absolute Gasteiger partial charge is 0.231 e. The number of benzene rings is 2. The molecule has 0 spiro atoms. The summed E-state index contributed by atoms with van der Waals surface area (Å²) in [6, 6.07) is 13.7. The van der Waals surface area contributed by atoms with Gasteiger partial charge in [-0.2, -0.15) is 0 Å². The number of nitrogens with zero attached hydrogens (tertiary/aromatic N) is 3. The van der Waals surface area contributed by atoms with Gasteiger partial charge in [-0.05, 0) is 31.5 Å². The van der Waals surface area contributed by atoms with Crippen molar-refractivity contribution in [1.29, 1.82) is 0 Å². The van der Waals surface area contributed by atoms with E-state index < -0.39 is 0 Å². The molecule has 0 saturated heterocycles. The number of thioether (sulfide) groups is 1. The molecule has 1 aliphatic rings. The van der Waals surface area contributed by atoms with Crippen LogP contribution >= 0.6 is 11.8 Å². The van der Waals surface area contributed by atoms with Crippen LogP contribution in [0.25, 0.3) is 11.4 Å². The quantitative estimate of drug-likeness (QED) is 0.627. The zero-order chi connectivity index (χ0) is 20.4. The second-order valence-corrected chi connectivity index (χ2v) is 7.86.